The number of thioether (sulfide) groups is 1. The molecule has 2 heterocycles. The van der Waals surface area contributed by atoms with E-state index in [1.807, 2.05) is 31.2 Å². The number of aromatic nitrogens is 4. The number of halogens is 1. The van der Waals surface area contributed by atoms with E-state index in [1.165, 1.54) is 34.2 Å². The van der Waals surface area contributed by atoms with Gasteiger partial charge in [-0.2, -0.15) is 0 Å². The van der Waals surface area contributed by atoms with Crippen molar-refractivity contribution < 1.29 is 13.2 Å². The maximum absolute atomic E-state index is 12.6. The lowest BCUT2D eigenvalue weighted by Crippen LogP contribution is -2.18. The van der Waals surface area contributed by atoms with Crippen LogP contribution in [0.3, 0.4) is 0 Å². The van der Waals surface area contributed by atoms with Gasteiger partial charge in [0, 0.05) is 5.75 Å². The molecule has 2 aromatic heterocycles. The number of hydrogen-bond donors (Lipinski definition) is 1. The lowest BCUT2D eigenvalue weighted by atomic mass is 10.1. The smallest absolute Gasteiger partial charge is 0.277 e. The first-order valence-corrected chi connectivity index (χ1v) is 12.7. The van der Waals surface area contributed by atoms with E-state index in [1.54, 1.807) is 6.92 Å². The number of carbonyl (C=O) groups excluding carboxylic acids is 1. The van der Waals surface area contributed by atoms with Crippen LogP contribution in [0.15, 0.2) is 40.0 Å². The van der Waals surface area contributed by atoms with E-state index in [0.717, 1.165) is 11.9 Å². The van der Waals surface area contributed by atoms with Crippen molar-refractivity contribution in [3.63, 3.8) is 0 Å². The van der Waals surface area contributed by atoms with Gasteiger partial charge in [0.15, 0.2) is 10.0 Å². The first-order chi connectivity index (χ1) is 14.3. The van der Waals surface area contributed by atoms with Crippen molar-refractivity contribution in [1.29, 1.82) is 0 Å². The zero-order valence-corrected chi connectivity index (χ0v) is 19.3. The zero-order valence-electron chi connectivity index (χ0n) is 16.1. The fourth-order valence-electron chi connectivity index (χ4n) is 2.41. The zero-order chi connectivity index (χ0) is 21.7. The Morgan fingerprint density at radius 1 is 1.27 bits per heavy atom. The molecule has 0 aliphatic heterocycles. The Bertz CT molecular complexity index is 1170. The van der Waals surface area contributed by atoms with E-state index in [-0.39, 0.29) is 21.6 Å². The summed E-state index contributed by atoms with van der Waals surface area (Å²) in [6.07, 6.45) is 1.51. The van der Waals surface area contributed by atoms with E-state index in [0.29, 0.717) is 10.8 Å². The molecule has 8 nitrogen and oxygen atoms in total. The minimum absolute atomic E-state index is 0.0541. The van der Waals surface area contributed by atoms with Crippen LogP contribution < -0.4 is 5.32 Å². The number of sulfone groups is 1. The molecule has 0 unspecified atom stereocenters. The van der Waals surface area contributed by atoms with Crippen molar-refractivity contribution in [2.45, 2.75) is 35.5 Å². The molecule has 12 heteroatoms. The number of anilines is 1. The highest BCUT2D eigenvalue weighted by molar-refractivity contribution is 8.00. The normalized spacial score (nSPS) is 11.4. The molecular formula is C18H18ClN5O3S3. The second kappa shape index (κ2) is 9.82. The minimum Gasteiger partial charge on any atom is -0.295 e. The largest absolute Gasteiger partial charge is 0.295 e. The highest BCUT2D eigenvalue weighted by atomic mass is 35.5. The third-order valence-corrected chi connectivity index (χ3v) is 7.92. The van der Waals surface area contributed by atoms with Crippen molar-refractivity contribution >= 4 is 55.6 Å². The number of amides is 1. The Kier molecular flexibility index (Phi) is 7.40. The molecule has 0 bridgehead atoms. The van der Waals surface area contributed by atoms with Crippen LogP contribution in [0.2, 0.25) is 5.02 Å². The molecule has 1 aromatic carbocycles. The molecule has 3 aromatic rings. The van der Waals surface area contributed by atoms with Gasteiger partial charge in [0.2, 0.25) is 20.1 Å². The quantitative estimate of drug-likeness (QED) is 0.290. The summed E-state index contributed by atoms with van der Waals surface area (Å²) in [5.41, 5.74) is 2.15. The number of benzene rings is 1. The lowest BCUT2D eigenvalue weighted by Gasteiger charge is -2.06. The van der Waals surface area contributed by atoms with E-state index >= 15 is 0 Å². The summed E-state index contributed by atoms with van der Waals surface area (Å²) < 4.78 is 25.0. The number of rotatable bonds is 8. The van der Waals surface area contributed by atoms with Crippen LogP contribution in [0.5, 0.6) is 0 Å². The molecule has 0 saturated carbocycles. The Morgan fingerprint density at radius 3 is 2.77 bits per heavy atom. The van der Waals surface area contributed by atoms with Crippen molar-refractivity contribution in [3.05, 3.63) is 52.3 Å². The van der Waals surface area contributed by atoms with Crippen LogP contribution in [-0.4, -0.2) is 40.2 Å². The van der Waals surface area contributed by atoms with Crippen molar-refractivity contribution in [2.75, 3.05) is 11.1 Å². The highest BCUT2D eigenvalue weighted by Gasteiger charge is 2.22. The van der Waals surface area contributed by atoms with Crippen LogP contribution in [0.25, 0.3) is 0 Å². The Morgan fingerprint density at radius 2 is 2.03 bits per heavy atom. The summed E-state index contributed by atoms with van der Waals surface area (Å²) in [5, 5.41) is 10.4. The van der Waals surface area contributed by atoms with Gasteiger partial charge in [0.1, 0.15) is 0 Å². The molecule has 0 aliphatic carbocycles. The standard InChI is InChI=1S/C18H18ClN5O3S3/c1-3-8-30(26,27)17-20-9-13(19)14(21-17)15(25)22-16-23-24-18(29-16)28-10-12-7-5-4-6-11(12)2/h4-7,9H,3,8,10H2,1-2H3,(H,22,23,25). The molecule has 0 spiro atoms. The highest BCUT2D eigenvalue weighted by Crippen LogP contribution is 2.29. The molecular weight excluding hydrogens is 466 g/mol. The molecule has 1 N–H and O–H groups in total. The Hall–Kier alpha value is -2.08. The van der Waals surface area contributed by atoms with E-state index in [4.69, 9.17) is 11.6 Å². The van der Waals surface area contributed by atoms with Gasteiger partial charge >= 0.3 is 0 Å². The van der Waals surface area contributed by atoms with Gasteiger partial charge in [-0.1, -0.05) is 65.9 Å². The van der Waals surface area contributed by atoms with Gasteiger partial charge < -0.3 is 0 Å². The molecule has 0 atom stereocenters. The van der Waals surface area contributed by atoms with Gasteiger partial charge in [-0.15, -0.1) is 10.2 Å². The molecule has 0 aliphatic rings. The second-order valence-corrected chi connectivity index (χ2v) is 10.8. The third-order valence-electron chi connectivity index (χ3n) is 3.93. The summed E-state index contributed by atoms with van der Waals surface area (Å²) in [4.78, 5) is 20.2. The number of nitrogens with one attached hydrogen (secondary N) is 1. The summed E-state index contributed by atoms with van der Waals surface area (Å²) in [6, 6.07) is 8.06. The fourth-order valence-corrected chi connectivity index (χ4v) is 5.57. The van der Waals surface area contributed by atoms with Gasteiger partial charge in [0.25, 0.3) is 5.91 Å². The number of nitrogens with zero attached hydrogens (tertiary/aromatic N) is 4. The maximum Gasteiger partial charge on any atom is 0.277 e. The average molecular weight is 484 g/mol. The number of aryl methyl sites for hydroxylation is 1. The van der Waals surface area contributed by atoms with Crippen molar-refractivity contribution in [1.82, 2.24) is 20.2 Å². The Labute approximate surface area is 187 Å². The van der Waals surface area contributed by atoms with Crippen LogP contribution in [0.1, 0.15) is 35.0 Å². The Balaban J connectivity index is 1.70. The second-order valence-electron chi connectivity index (χ2n) is 6.21. The third kappa shape index (κ3) is 5.54. The summed E-state index contributed by atoms with van der Waals surface area (Å²) >= 11 is 8.72. The topological polar surface area (TPSA) is 115 Å². The van der Waals surface area contributed by atoms with E-state index < -0.39 is 20.9 Å². The fraction of sp³-hybridized carbons (Fsp3) is 0.278. The van der Waals surface area contributed by atoms with Crippen LogP contribution >= 0.6 is 34.7 Å². The van der Waals surface area contributed by atoms with Crippen molar-refractivity contribution in [3.8, 4) is 0 Å². The monoisotopic (exact) mass is 483 g/mol. The molecule has 30 heavy (non-hydrogen) atoms. The van der Waals surface area contributed by atoms with Gasteiger partial charge in [-0.3, -0.25) is 10.1 Å². The number of hydrogen-bond acceptors (Lipinski definition) is 9. The average Bonchev–Trinajstić information content (AvgIpc) is 3.14. The summed E-state index contributed by atoms with van der Waals surface area (Å²) in [7, 11) is -3.68. The maximum atomic E-state index is 12.6. The lowest BCUT2D eigenvalue weighted by molar-refractivity contribution is 0.102. The molecule has 3 rings (SSSR count). The molecule has 158 valence electrons. The molecule has 0 fully saturated rings. The van der Waals surface area contributed by atoms with Gasteiger partial charge in [-0.05, 0) is 24.5 Å². The van der Waals surface area contributed by atoms with E-state index in [9.17, 15) is 13.2 Å². The van der Waals surface area contributed by atoms with E-state index in [2.05, 4.69) is 25.5 Å². The molecule has 1 amide bonds. The van der Waals surface area contributed by atoms with Crippen molar-refractivity contribution in [2.24, 2.45) is 0 Å². The molecule has 0 radical (unpaired) electrons. The van der Waals surface area contributed by atoms with Crippen LogP contribution in [0.4, 0.5) is 5.13 Å². The van der Waals surface area contributed by atoms with Gasteiger partial charge in [-0.25, -0.2) is 18.4 Å². The first-order valence-electron chi connectivity index (χ1n) is 8.87. The number of carbonyl (C=O) groups is 1. The predicted octanol–water partition coefficient (Wildman–Crippen LogP) is 4.02. The van der Waals surface area contributed by atoms with Crippen LogP contribution in [0, 0.1) is 6.92 Å². The minimum atomic E-state index is -3.68. The first kappa shape index (κ1) is 22.6. The van der Waals surface area contributed by atoms with Crippen LogP contribution in [-0.2, 0) is 15.6 Å². The van der Waals surface area contributed by atoms with Gasteiger partial charge in [0.05, 0.1) is 17.0 Å². The summed E-state index contributed by atoms with van der Waals surface area (Å²) in [6.45, 7) is 3.77. The summed E-state index contributed by atoms with van der Waals surface area (Å²) in [5.74, 6) is -0.0684. The predicted molar refractivity (Wildman–Crippen MR) is 118 cm³/mol. The molecule has 0 saturated heterocycles. The SMILES string of the molecule is CCCS(=O)(=O)c1ncc(Cl)c(C(=O)Nc2nnc(SCc3ccccc3C)s2)n1.